The molecule has 0 saturated carbocycles. The molecule has 2 atom stereocenters. The second kappa shape index (κ2) is 8.46. The van der Waals surface area contributed by atoms with E-state index in [1.165, 1.54) is 6.92 Å². The van der Waals surface area contributed by atoms with Gasteiger partial charge in [-0.25, -0.2) is 0 Å². The molecule has 0 radical (unpaired) electrons. The number of aryl methyl sites for hydroxylation is 1. The van der Waals surface area contributed by atoms with E-state index >= 15 is 0 Å². The fourth-order valence-electron chi connectivity index (χ4n) is 1.99. The van der Waals surface area contributed by atoms with Crippen LogP contribution in [0.5, 0.6) is 0 Å². The van der Waals surface area contributed by atoms with E-state index in [9.17, 15) is 19.1 Å². The fraction of sp³-hybridized carbons (Fsp3) is 0.533. The van der Waals surface area contributed by atoms with Gasteiger partial charge in [-0.15, -0.1) is 0 Å². The van der Waals surface area contributed by atoms with Crippen LogP contribution in [-0.4, -0.2) is 34.6 Å². The number of hydrogen-bond donors (Lipinski definition) is 2. The molecule has 0 bridgehead atoms. The van der Waals surface area contributed by atoms with E-state index in [4.69, 9.17) is 5.73 Å². The molecule has 0 amide bonds. The maximum Gasteiger partial charge on any atom is 0.306 e. The highest BCUT2D eigenvalue weighted by Crippen LogP contribution is 2.14. The summed E-state index contributed by atoms with van der Waals surface area (Å²) in [6.07, 6.45) is 3.01. The zero-order valence-electron chi connectivity index (χ0n) is 12.1. The van der Waals surface area contributed by atoms with E-state index in [0.717, 1.165) is 5.56 Å². The van der Waals surface area contributed by atoms with Gasteiger partial charge in [0, 0.05) is 18.3 Å². The molecule has 3 N–H and O–H groups in total. The predicted octanol–water partition coefficient (Wildman–Crippen LogP) is 1.53. The number of ketones is 1. The molecule has 5 nitrogen and oxygen atoms in total. The van der Waals surface area contributed by atoms with Crippen molar-refractivity contribution < 1.29 is 19.1 Å². The number of halogens is 1. The maximum absolute atomic E-state index is 12.1. The molecule has 0 aliphatic rings. The number of carbonyl (C=O) groups is 2. The average molecular weight is 296 g/mol. The topological polar surface area (TPSA) is 93.3 Å². The largest absolute Gasteiger partial charge is 0.481 e. The van der Waals surface area contributed by atoms with Crippen LogP contribution in [0.4, 0.5) is 4.39 Å². The van der Waals surface area contributed by atoms with Gasteiger partial charge < -0.3 is 10.8 Å². The molecular formula is C15H21FN2O3. The molecule has 21 heavy (non-hydrogen) atoms. The third-order valence-electron chi connectivity index (χ3n) is 3.35. The van der Waals surface area contributed by atoms with Gasteiger partial charge in [0.05, 0.1) is 18.6 Å². The summed E-state index contributed by atoms with van der Waals surface area (Å²) in [5.74, 6) is -1.96. The van der Waals surface area contributed by atoms with Crippen molar-refractivity contribution in [2.75, 3.05) is 6.67 Å². The van der Waals surface area contributed by atoms with Crippen molar-refractivity contribution in [3.63, 3.8) is 0 Å². The van der Waals surface area contributed by atoms with Crippen molar-refractivity contribution in [2.45, 2.75) is 38.6 Å². The van der Waals surface area contributed by atoms with Crippen LogP contribution < -0.4 is 5.73 Å². The van der Waals surface area contributed by atoms with Crippen LogP contribution in [0.25, 0.3) is 0 Å². The molecule has 0 aromatic carbocycles. The Morgan fingerprint density at radius 3 is 2.62 bits per heavy atom. The van der Waals surface area contributed by atoms with Gasteiger partial charge in [0.1, 0.15) is 5.78 Å². The Labute approximate surface area is 123 Å². The molecule has 0 saturated heterocycles. The number of hydrogen-bond acceptors (Lipinski definition) is 4. The monoisotopic (exact) mass is 296 g/mol. The lowest BCUT2D eigenvalue weighted by atomic mass is 9.93. The van der Waals surface area contributed by atoms with E-state index in [0.29, 0.717) is 18.5 Å². The molecule has 1 heterocycles. The number of aromatic nitrogens is 1. The number of rotatable bonds is 9. The Bertz CT molecular complexity index is 476. The summed E-state index contributed by atoms with van der Waals surface area (Å²) in [6.45, 7) is 0.979. The Morgan fingerprint density at radius 2 is 2.14 bits per heavy atom. The van der Waals surface area contributed by atoms with E-state index < -0.39 is 17.9 Å². The Hall–Kier alpha value is -1.82. The Balaban J connectivity index is 2.66. The quantitative estimate of drug-likeness (QED) is 0.721. The number of Topliss-reactive ketones (excluding diaryl/α,β-unsaturated/α-hetero) is 1. The highest BCUT2D eigenvalue weighted by Gasteiger charge is 2.23. The standard InChI is InChI=1S/C15H21FN2O3/c1-10(19)14(17)8-12(15(20)21)7-13-5-4-11(9-18-13)3-2-6-16/h4-5,9,12,14H,2-3,6-8,17H2,1H3,(H,20,21). The van der Waals surface area contributed by atoms with Gasteiger partial charge in [0.15, 0.2) is 0 Å². The van der Waals surface area contributed by atoms with Crippen molar-refractivity contribution >= 4 is 11.8 Å². The SMILES string of the molecule is CC(=O)C(N)CC(Cc1ccc(CCCF)cn1)C(=O)O. The van der Waals surface area contributed by atoms with E-state index in [1.54, 1.807) is 12.3 Å². The van der Waals surface area contributed by atoms with Crippen LogP contribution in [0.3, 0.4) is 0 Å². The molecule has 1 aromatic heterocycles. The number of carboxylic acid groups (broad SMARTS) is 1. The first kappa shape index (κ1) is 17.2. The summed E-state index contributed by atoms with van der Waals surface area (Å²) in [4.78, 5) is 26.6. The van der Waals surface area contributed by atoms with E-state index in [-0.39, 0.29) is 25.3 Å². The molecular weight excluding hydrogens is 275 g/mol. The van der Waals surface area contributed by atoms with Crippen molar-refractivity contribution in [1.82, 2.24) is 4.98 Å². The zero-order chi connectivity index (χ0) is 15.8. The minimum atomic E-state index is -0.991. The highest BCUT2D eigenvalue weighted by atomic mass is 19.1. The second-order valence-electron chi connectivity index (χ2n) is 5.14. The first-order valence-electron chi connectivity index (χ1n) is 6.92. The Morgan fingerprint density at radius 1 is 1.43 bits per heavy atom. The van der Waals surface area contributed by atoms with Crippen molar-refractivity contribution in [3.05, 3.63) is 29.6 Å². The third-order valence-corrected chi connectivity index (χ3v) is 3.35. The molecule has 1 rings (SSSR count). The van der Waals surface area contributed by atoms with Crippen molar-refractivity contribution in [1.29, 1.82) is 0 Å². The smallest absolute Gasteiger partial charge is 0.306 e. The summed E-state index contributed by atoms with van der Waals surface area (Å²) in [5, 5.41) is 9.20. The number of carboxylic acids is 1. The van der Waals surface area contributed by atoms with Crippen molar-refractivity contribution in [3.8, 4) is 0 Å². The predicted molar refractivity (Wildman–Crippen MR) is 76.6 cm³/mol. The minimum absolute atomic E-state index is 0.0932. The van der Waals surface area contributed by atoms with E-state index in [2.05, 4.69) is 4.98 Å². The normalized spacial score (nSPS) is 13.7. The van der Waals surface area contributed by atoms with Gasteiger partial charge >= 0.3 is 5.97 Å². The van der Waals surface area contributed by atoms with Crippen LogP contribution >= 0.6 is 0 Å². The van der Waals surface area contributed by atoms with Gasteiger partial charge in [-0.3, -0.25) is 19.0 Å². The summed E-state index contributed by atoms with van der Waals surface area (Å²) in [7, 11) is 0. The fourth-order valence-corrected chi connectivity index (χ4v) is 1.99. The number of nitrogens with zero attached hydrogens (tertiary/aromatic N) is 1. The first-order chi connectivity index (χ1) is 9.93. The molecule has 2 unspecified atom stereocenters. The number of nitrogens with two attached hydrogens (primary N) is 1. The molecule has 0 aliphatic heterocycles. The lowest BCUT2D eigenvalue weighted by molar-refractivity contribution is -0.142. The molecule has 6 heteroatoms. The van der Waals surface area contributed by atoms with Crippen molar-refractivity contribution in [2.24, 2.45) is 11.7 Å². The lowest BCUT2D eigenvalue weighted by Gasteiger charge is -2.15. The lowest BCUT2D eigenvalue weighted by Crippen LogP contribution is -2.34. The summed E-state index contributed by atoms with van der Waals surface area (Å²) < 4.78 is 12.1. The van der Waals surface area contributed by atoms with Gasteiger partial charge in [0.25, 0.3) is 0 Å². The molecule has 0 spiro atoms. The molecule has 1 aromatic rings. The summed E-state index contributed by atoms with van der Waals surface area (Å²) in [5.41, 5.74) is 7.17. The third kappa shape index (κ3) is 5.99. The highest BCUT2D eigenvalue weighted by molar-refractivity contribution is 5.82. The van der Waals surface area contributed by atoms with Crippen LogP contribution in [0.1, 0.15) is 31.0 Å². The first-order valence-corrected chi connectivity index (χ1v) is 6.92. The van der Waals surface area contributed by atoms with Crippen LogP contribution in [0, 0.1) is 5.92 Å². The number of alkyl halides is 1. The van der Waals surface area contributed by atoms with Crippen LogP contribution in [-0.2, 0) is 22.4 Å². The van der Waals surface area contributed by atoms with E-state index in [1.807, 2.05) is 6.07 Å². The summed E-state index contributed by atoms with van der Waals surface area (Å²) in [6, 6.07) is 2.79. The number of carbonyl (C=O) groups excluding carboxylic acids is 1. The Kier molecular flexibility index (Phi) is 6.94. The van der Waals surface area contributed by atoms with Gasteiger partial charge in [-0.2, -0.15) is 0 Å². The zero-order valence-corrected chi connectivity index (χ0v) is 12.1. The van der Waals surface area contributed by atoms with Crippen LogP contribution in [0.2, 0.25) is 0 Å². The minimum Gasteiger partial charge on any atom is -0.481 e. The van der Waals surface area contributed by atoms with Gasteiger partial charge in [-0.1, -0.05) is 6.07 Å². The second-order valence-corrected chi connectivity index (χ2v) is 5.14. The van der Waals surface area contributed by atoms with Gasteiger partial charge in [0.2, 0.25) is 0 Å². The summed E-state index contributed by atoms with van der Waals surface area (Å²) >= 11 is 0. The average Bonchev–Trinajstić information content (AvgIpc) is 2.45. The van der Waals surface area contributed by atoms with Gasteiger partial charge in [-0.05, 0) is 37.8 Å². The molecule has 0 fully saturated rings. The number of pyridine rings is 1. The maximum atomic E-state index is 12.1. The number of aliphatic carboxylic acids is 1. The molecule has 116 valence electrons. The molecule has 0 aliphatic carbocycles. The van der Waals surface area contributed by atoms with Crippen LogP contribution in [0.15, 0.2) is 18.3 Å².